The Kier molecular flexibility index (Phi) is 4.46. The van der Waals surface area contributed by atoms with Crippen molar-refractivity contribution in [2.45, 2.75) is 25.7 Å². The van der Waals surface area contributed by atoms with Gasteiger partial charge in [-0.25, -0.2) is 13.4 Å². The topological polar surface area (TPSA) is 68.3 Å². The number of sulfonamides is 1. The Morgan fingerprint density at radius 3 is 2.52 bits per heavy atom. The maximum atomic E-state index is 12.6. The van der Waals surface area contributed by atoms with E-state index < -0.39 is 10.0 Å². The third-order valence-electron chi connectivity index (χ3n) is 2.92. The zero-order valence-corrected chi connectivity index (χ0v) is 14.4. The lowest BCUT2D eigenvalue weighted by atomic mass is 10.1. The lowest BCUT2D eigenvalue weighted by molar-refractivity contribution is 0.402. The second-order valence-corrected chi connectivity index (χ2v) is 7.42. The number of methoxy groups -OCH3 is 1. The monoisotopic (exact) mass is 346 g/mol. The molecule has 2 aromatic rings. The SMILES string of the molecule is COc1cc(C)c(Cl)c(C)c1S(=O)(=O)Nc1nc(C)cs1. The Balaban J connectivity index is 2.56. The molecule has 0 amide bonds. The van der Waals surface area contributed by atoms with Crippen LogP contribution < -0.4 is 9.46 Å². The molecule has 0 aliphatic rings. The fourth-order valence-corrected chi connectivity index (χ4v) is 4.51. The highest BCUT2D eigenvalue weighted by atomic mass is 35.5. The van der Waals surface area contributed by atoms with Gasteiger partial charge in [0.25, 0.3) is 10.0 Å². The molecule has 0 saturated heterocycles. The molecule has 0 atom stereocenters. The van der Waals surface area contributed by atoms with Crippen LogP contribution in [0.5, 0.6) is 5.75 Å². The van der Waals surface area contributed by atoms with Gasteiger partial charge in [-0.15, -0.1) is 11.3 Å². The summed E-state index contributed by atoms with van der Waals surface area (Å²) in [6, 6.07) is 1.61. The highest BCUT2D eigenvalue weighted by Gasteiger charge is 2.25. The van der Waals surface area contributed by atoms with Crippen LogP contribution in [0.25, 0.3) is 0 Å². The number of hydrogen-bond acceptors (Lipinski definition) is 5. The molecule has 5 nitrogen and oxygen atoms in total. The van der Waals surface area contributed by atoms with E-state index in [0.29, 0.717) is 15.7 Å². The van der Waals surface area contributed by atoms with Gasteiger partial charge in [-0.05, 0) is 38.0 Å². The number of hydrogen-bond donors (Lipinski definition) is 1. The van der Waals surface area contributed by atoms with E-state index in [9.17, 15) is 8.42 Å². The van der Waals surface area contributed by atoms with Gasteiger partial charge < -0.3 is 4.74 Å². The zero-order valence-electron chi connectivity index (χ0n) is 12.0. The molecular weight excluding hydrogens is 332 g/mol. The van der Waals surface area contributed by atoms with Crippen LogP contribution in [0.2, 0.25) is 5.02 Å². The Morgan fingerprint density at radius 1 is 1.33 bits per heavy atom. The van der Waals surface area contributed by atoms with Crippen molar-refractivity contribution in [1.29, 1.82) is 0 Å². The van der Waals surface area contributed by atoms with Crippen molar-refractivity contribution < 1.29 is 13.2 Å². The van der Waals surface area contributed by atoms with Crippen molar-refractivity contribution in [1.82, 2.24) is 4.98 Å². The van der Waals surface area contributed by atoms with E-state index >= 15 is 0 Å². The summed E-state index contributed by atoms with van der Waals surface area (Å²) >= 11 is 7.39. The van der Waals surface area contributed by atoms with E-state index in [1.165, 1.54) is 18.4 Å². The standard InChI is InChI=1S/C13H15ClN2O3S2/c1-7-5-10(19-4)12(9(3)11(7)14)21(17,18)16-13-15-8(2)6-20-13/h5-6H,1-4H3,(H,15,16). The molecule has 0 spiro atoms. The average molecular weight is 347 g/mol. The van der Waals surface area contributed by atoms with Gasteiger partial charge in [-0.3, -0.25) is 4.72 Å². The number of thiazole rings is 1. The smallest absolute Gasteiger partial charge is 0.267 e. The van der Waals surface area contributed by atoms with E-state index in [1.54, 1.807) is 32.2 Å². The Bertz CT molecular complexity index is 785. The minimum Gasteiger partial charge on any atom is -0.495 e. The van der Waals surface area contributed by atoms with Gasteiger partial charge in [0.1, 0.15) is 10.6 Å². The summed E-state index contributed by atoms with van der Waals surface area (Å²) in [7, 11) is -2.40. The summed E-state index contributed by atoms with van der Waals surface area (Å²) in [5, 5.41) is 2.49. The lowest BCUT2D eigenvalue weighted by Crippen LogP contribution is -2.16. The number of nitrogens with zero attached hydrogens (tertiary/aromatic N) is 1. The van der Waals surface area contributed by atoms with E-state index in [-0.39, 0.29) is 10.6 Å². The van der Waals surface area contributed by atoms with Crippen molar-refractivity contribution in [3.63, 3.8) is 0 Å². The fourth-order valence-electron chi connectivity index (χ4n) is 1.96. The van der Waals surface area contributed by atoms with E-state index in [0.717, 1.165) is 11.3 Å². The van der Waals surface area contributed by atoms with Crippen LogP contribution in [0, 0.1) is 20.8 Å². The molecule has 0 radical (unpaired) electrons. The molecular formula is C13H15ClN2O3S2. The molecule has 21 heavy (non-hydrogen) atoms. The van der Waals surface area contributed by atoms with Gasteiger partial charge in [0, 0.05) is 10.4 Å². The molecule has 1 aromatic heterocycles. The van der Waals surface area contributed by atoms with Gasteiger partial charge in [-0.1, -0.05) is 11.6 Å². The zero-order chi connectivity index (χ0) is 15.8. The van der Waals surface area contributed by atoms with E-state index in [2.05, 4.69) is 9.71 Å². The fraction of sp³-hybridized carbons (Fsp3) is 0.308. The van der Waals surface area contributed by atoms with Crippen molar-refractivity contribution >= 4 is 38.1 Å². The van der Waals surface area contributed by atoms with Crippen LogP contribution in [0.3, 0.4) is 0 Å². The second-order valence-electron chi connectivity index (χ2n) is 4.56. The Labute approximate surface area is 133 Å². The molecule has 0 aliphatic carbocycles. The number of aromatic nitrogens is 1. The van der Waals surface area contributed by atoms with E-state index in [1.807, 2.05) is 0 Å². The summed E-state index contributed by atoms with van der Waals surface area (Å²) < 4.78 is 32.8. The Hall–Kier alpha value is -1.31. The number of ether oxygens (including phenoxy) is 1. The number of benzene rings is 1. The highest BCUT2D eigenvalue weighted by molar-refractivity contribution is 7.93. The van der Waals surface area contributed by atoms with Crippen molar-refractivity contribution in [2.24, 2.45) is 0 Å². The van der Waals surface area contributed by atoms with Crippen molar-refractivity contribution in [2.75, 3.05) is 11.8 Å². The maximum Gasteiger partial charge on any atom is 0.267 e. The first-order chi connectivity index (χ1) is 9.76. The van der Waals surface area contributed by atoms with E-state index in [4.69, 9.17) is 16.3 Å². The molecule has 1 heterocycles. The second kappa shape index (κ2) is 5.82. The quantitative estimate of drug-likeness (QED) is 0.919. The summed E-state index contributed by atoms with van der Waals surface area (Å²) in [6.45, 7) is 5.24. The molecule has 0 unspecified atom stereocenters. The largest absolute Gasteiger partial charge is 0.495 e. The minimum absolute atomic E-state index is 0.0356. The summed E-state index contributed by atoms with van der Waals surface area (Å²) in [5.74, 6) is 0.259. The minimum atomic E-state index is -3.82. The molecule has 1 aromatic carbocycles. The van der Waals surface area contributed by atoms with Gasteiger partial charge in [-0.2, -0.15) is 0 Å². The van der Waals surface area contributed by atoms with Gasteiger partial charge in [0.05, 0.1) is 12.8 Å². The van der Waals surface area contributed by atoms with Crippen LogP contribution in [0.1, 0.15) is 16.8 Å². The van der Waals surface area contributed by atoms with Crippen LogP contribution in [-0.4, -0.2) is 20.5 Å². The highest BCUT2D eigenvalue weighted by Crippen LogP contribution is 2.36. The molecule has 0 fully saturated rings. The average Bonchev–Trinajstić information content (AvgIpc) is 2.79. The first-order valence-electron chi connectivity index (χ1n) is 6.05. The summed E-state index contributed by atoms with van der Waals surface area (Å²) in [6.07, 6.45) is 0. The third kappa shape index (κ3) is 3.14. The van der Waals surface area contributed by atoms with Crippen molar-refractivity contribution in [3.05, 3.63) is 33.3 Å². The summed E-state index contributed by atoms with van der Waals surface area (Å²) in [4.78, 5) is 4.14. The normalized spacial score (nSPS) is 11.5. The molecule has 2 rings (SSSR count). The molecule has 0 bridgehead atoms. The van der Waals surface area contributed by atoms with Gasteiger partial charge in [0.15, 0.2) is 5.13 Å². The number of halogens is 1. The predicted octanol–water partition coefficient (Wildman–Crippen LogP) is 3.53. The molecule has 114 valence electrons. The van der Waals surface area contributed by atoms with Crippen LogP contribution >= 0.6 is 22.9 Å². The molecule has 1 N–H and O–H groups in total. The third-order valence-corrected chi connectivity index (χ3v) is 6.01. The van der Waals surface area contributed by atoms with Crippen LogP contribution in [-0.2, 0) is 10.0 Å². The summed E-state index contributed by atoms with van der Waals surface area (Å²) in [5.41, 5.74) is 1.97. The van der Waals surface area contributed by atoms with Gasteiger partial charge >= 0.3 is 0 Å². The lowest BCUT2D eigenvalue weighted by Gasteiger charge is -2.15. The predicted molar refractivity (Wildman–Crippen MR) is 85.1 cm³/mol. The number of aryl methyl sites for hydroxylation is 2. The number of nitrogens with one attached hydrogen (secondary N) is 1. The maximum absolute atomic E-state index is 12.6. The first kappa shape index (κ1) is 16.1. The molecule has 8 heteroatoms. The molecule has 0 saturated carbocycles. The van der Waals surface area contributed by atoms with Crippen molar-refractivity contribution in [3.8, 4) is 5.75 Å². The van der Waals surface area contributed by atoms with Crippen LogP contribution in [0.15, 0.2) is 16.3 Å². The number of rotatable bonds is 4. The Morgan fingerprint density at radius 2 is 2.00 bits per heavy atom. The first-order valence-corrected chi connectivity index (χ1v) is 8.79. The molecule has 0 aliphatic heterocycles. The van der Waals surface area contributed by atoms with Gasteiger partial charge in [0.2, 0.25) is 0 Å². The number of anilines is 1. The van der Waals surface area contributed by atoms with Crippen LogP contribution in [0.4, 0.5) is 5.13 Å².